The summed E-state index contributed by atoms with van der Waals surface area (Å²) in [7, 11) is 0. The quantitative estimate of drug-likeness (QED) is 0.302. The Balaban J connectivity index is 2.25. The van der Waals surface area contributed by atoms with Crippen molar-refractivity contribution >= 4 is 73.8 Å². The minimum absolute atomic E-state index is 0.100. The molecule has 2 aromatic rings. The van der Waals surface area contributed by atoms with E-state index in [0.717, 1.165) is 0 Å². The van der Waals surface area contributed by atoms with Crippen molar-refractivity contribution in [2.75, 3.05) is 11.9 Å². The standard InChI is InChI=1S/C18H11BrClIN2O4/c19-14-5-10(6-15(21)17(14)27-9-16(24)25)4-11(8-22)18(26)23-13-3-1-2-12(20)7-13/h1-7H,9H2,(H,23,26)(H,24,25)/b11-4+. The van der Waals surface area contributed by atoms with Crippen LogP contribution in [0.25, 0.3) is 6.08 Å². The number of nitriles is 1. The number of benzene rings is 2. The first-order chi connectivity index (χ1) is 12.8. The van der Waals surface area contributed by atoms with Crippen LogP contribution in [-0.2, 0) is 9.59 Å². The van der Waals surface area contributed by atoms with Crippen LogP contribution in [0, 0.1) is 14.9 Å². The second kappa shape index (κ2) is 9.73. The second-order valence-corrected chi connectivity index (χ2v) is 7.58. The van der Waals surface area contributed by atoms with E-state index in [9.17, 15) is 14.9 Å². The molecule has 138 valence electrons. The number of hydrogen-bond acceptors (Lipinski definition) is 4. The van der Waals surface area contributed by atoms with Crippen molar-refractivity contribution in [3.8, 4) is 11.8 Å². The van der Waals surface area contributed by atoms with Crippen molar-refractivity contribution in [3.63, 3.8) is 0 Å². The summed E-state index contributed by atoms with van der Waals surface area (Å²) >= 11 is 11.2. The number of anilines is 1. The van der Waals surface area contributed by atoms with E-state index in [1.54, 1.807) is 36.4 Å². The predicted molar refractivity (Wildman–Crippen MR) is 114 cm³/mol. The van der Waals surface area contributed by atoms with Gasteiger partial charge in [0.05, 0.1) is 8.04 Å². The molecule has 0 fully saturated rings. The van der Waals surface area contributed by atoms with Gasteiger partial charge in [0.15, 0.2) is 6.61 Å². The van der Waals surface area contributed by atoms with Gasteiger partial charge in [-0.3, -0.25) is 4.79 Å². The van der Waals surface area contributed by atoms with E-state index in [4.69, 9.17) is 21.4 Å². The van der Waals surface area contributed by atoms with Crippen molar-refractivity contribution in [2.45, 2.75) is 0 Å². The van der Waals surface area contributed by atoms with Gasteiger partial charge in [0.2, 0.25) is 0 Å². The van der Waals surface area contributed by atoms with Gasteiger partial charge in [-0.15, -0.1) is 0 Å². The third-order valence-electron chi connectivity index (χ3n) is 3.12. The van der Waals surface area contributed by atoms with Crippen molar-refractivity contribution in [2.24, 2.45) is 0 Å². The second-order valence-electron chi connectivity index (χ2n) is 5.13. The first-order valence-corrected chi connectivity index (χ1v) is 9.57. The van der Waals surface area contributed by atoms with Gasteiger partial charge in [0.25, 0.3) is 5.91 Å². The lowest BCUT2D eigenvalue weighted by atomic mass is 10.1. The van der Waals surface area contributed by atoms with Gasteiger partial charge in [-0.1, -0.05) is 17.7 Å². The maximum Gasteiger partial charge on any atom is 0.341 e. The Morgan fingerprint density at radius 1 is 1.37 bits per heavy atom. The van der Waals surface area contributed by atoms with E-state index in [1.165, 1.54) is 6.08 Å². The fourth-order valence-electron chi connectivity index (χ4n) is 2.01. The van der Waals surface area contributed by atoms with E-state index < -0.39 is 18.5 Å². The summed E-state index contributed by atoms with van der Waals surface area (Å²) in [6.45, 7) is -0.477. The topological polar surface area (TPSA) is 99.4 Å². The maximum absolute atomic E-state index is 12.3. The molecule has 0 bridgehead atoms. The van der Waals surface area contributed by atoms with E-state index in [1.807, 2.05) is 28.7 Å². The molecule has 2 N–H and O–H groups in total. The third-order valence-corrected chi connectivity index (χ3v) is 4.74. The summed E-state index contributed by atoms with van der Waals surface area (Å²) in [6.07, 6.45) is 1.42. The fourth-order valence-corrected chi connectivity index (χ4v) is 3.97. The molecule has 0 saturated carbocycles. The van der Waals surface area contributed by atoms with Crippen LogP contribution in [0.1, 0.15) is 5.56 Å². The van der Waals surface area contributed by atoms with Crippen LogP contribution < -0.4 is 10.1 Å². The summed E-state index contributed by atoms with van der Waals surface area (Å²) in [6, 6.07) is 11.8. The lowest BCUT2D eigenvalue weighted by Gasteiger charge is -2.10. The molecule has 0 aliphatic carbocycles. The lowest BCUT2D eigenvalue weighted by molar-refractivity contribution is -0.139. The Hall–Kier alpha value is -2.09. The minimum atomic E-state index is -1.09. The zero-order valence-corrected chi connectivity index (χ0v) is 18.0. The molecule has 0 saturated heterocycles. The average molecular weight is 562 g/mol. The van der Waals surface area contributed by atoms with Crippen LogP contribution in [-0.4, -0.2) is 23.6 Å². The number of nitrogens with one attached hydrogen (secondary N) is 1. The van der Waals surface area contributed by atoms with Gasteiger partial charge in [-0.25, -0.2) is 4.79 Å². The monoisotopic (exact) mass is 560 g/mol. The van der Waals surface area contributed by atoms with E-state index in [-0.39, 0.29) is 5.57 Å². The van der Waals surface area contributed by atoms with Gasteiger partial charge in [-0.05, 0) is 80.5 Å². The average Bonchev–Trinajstić information content (AvgIpc) is 2.58. The number of carbonyl (C=O) groups excluding carboxylic acids is 1. The van der Waals surface area contributed by atoms with Crippen LogP contribution in [0.5, 0.6) is 5.75 Å². The molecule has 0 heterocycles. The molecule has 0 radical (unpaired) electrons. The molecule has 0 spiro atoms. The smallest absolute Gasteiger partial charge is 0.341 e. The highest BCUT2D eigenvalue weighted by molar-refractivity contribution is 14.1. The van der Waals surface area contributed by atoms with Crippen molar-refractivity contribution in [1.82, 2.24) is 0 Å². The largest absolute Gasteiger partial charge is 0.480 e. The van der Waals surface area contributed by atoms with Crippen LogP contribution in [0.3, 0.4) is 0 Å². The molecule has 0 unspecified atom stereocenters. The Bertz CT molecular complexity index is 949. The number of carboxylic acid groups (broad SMARTS) is 1. The number of aliphatic carboxylic acids is 1. The van der Waals surface area contributed by atoms with E-state index >= 15 is 0 Å². The molecular weight excluding hydrogens is 550 g/mol. The number of rotatable bonds is 6. The highest BCUT2D eigenvalue weighted by atomic mass is 127. The molecular formula is C18H11BrClIN2O4. The molecule has 0 aliphatic heterocycles. The summed E-state index contributed by atoms with van der Waals surface area (Å²) in [5, 5.41) is 21.1. The van der Waals surface area contributed by atoms with Crippen LogP contribution >= 0.6 is 50.1 Å². The molecule has 0 atom stereocenters. The maximum atomic E-state index is 12.3. The van der Waals surface area contributed by atoms with E-state index in [2.05, 4.69) is 21.2 Å². The Labute approximate surface area is 182 Å². The molecule has 0 aromatic heterocycles. The normalized spacial score (nSPS) is 10.8. The SMILES string of the molecule is N#C/C(=C\c1cc(Br)c(OCC(=O)O)c(I)c1)C(=O)Nc1cccc(Cl)c1. The first-order valence-electron chi connectivity index (χ1n) is 7.32. The number of nitrogens with zero attached hydrogens (tertiary/aromatic N) is 1. The van der Waals surface area contributed by atoms with Crippen molar-refractivity contribution in [3.05, 3.63) is 60.6 Å². The summed E-state index contributed by atoms with van der Waals surface area (Å²) in [4.78, 5) is 23.0. The van der Waals surface area contributed by atoms with E-state index in [0.29, 0.717) is 30.1 Å². The fraction of sp³-hybridized carbons (Fsp3) is 0.0556. The minimum Gasteiger partial charge on any atom is -0.480 e. The Morgan fingerprint density at radius 3 is 2.70 bits per heavy atom. The number of carboxylic acids is 1. The van der Waals surface area contributed by atoms with Crippen molar-refractivity contribution < 1.29 is 19.4 Å². The zero-order chi connectivity index (χ0) is 20.0. The van der Waals surface area contributed by atoms with Gasteiger partial charge < -0.3 is 15.2 Å². The molecule has 9 heteroatoms. The molecule has 2 rings (SSSR count). The molecule has 0 aliphatic rings. The number of ether oxygens (including phenoxy) is 1. The molecule has 27 heavy (non-hydrogen) atoms. The molecule has 1 amide bonds. The molecule has 2 aromatic carbocycles. The lowest BCUT2D eigenvalue weighted by Crippen LogP contribution is -2.13. The predicted octanol–water partition coefficient (Wildman–Crippen LogP) is 4.72. The Kier molecular flexibility index (Phi) is 7.65. The highest BCUT2D eigenvalue weighted by Gasteiger charge is 2.13. The Morgan fingerprint density at radius 2 is 2.11 bits per heavy atom. The van der Waals surface area contributed by atoms with Gasteiger partial charge >= 0.3 is 5.97 Å². The first kappa shape index (κ1) is 21.2. The van der Waals surface area contributed by atoms with Gasteiger partial charge in [0, 0.05) is 10.7 Å². The number of halogens is 3. The number of carbonyl (C=O) groups is 2. The van der Waals surface area contributed by atoms with Gasteiger partial charge in [0.1, 0.15) is 17.4 Å². The van der Waals surface area contributed by atoms with Crippen molar-refractivity contribution in [1.29, 1.82) is 5.26 Å². The highest BCUT2D eigenvalue weighted by Crippen LogP contribution is 2.32. The van der Waals surface area contributed by atoms with Gasteiger partial charge in [-0.2, -0.15) is 5.26 Å². The number of hydrogen-bond donors (Lipinski definition) is 2. The summed E-state index contributed by atoms with van der Waals surface area (Å²) in [5.74, 6) is -1.29. The van der Waals surface area contributed by atoms with Crippen LogP contribution in [0.15, 0.2) is 46.4 Å². The zero-order valence-electron chi connectivity index (χ0n) is 13.5. The van der Waals surface area contributed by atoms with Crippen LogP contribution in [0.4, 0.5) is 5.69 Å². The number of amides is 1. The summed E-state index contributed by atoms with van der Waals surface area (Å²) < 4.78 is 6.36. The molecule has 6 nitrogen and oxygen atoms in total. The summed E-state index contributed by atoms with van der Waals surface area (Å²) in [5.41, 5.74) is 0.949. The van der Waals surface area contributed by atoms with Crippen LogP contribution in [0.2, 0.25) is 5.02 Å². The third kappa shape index (κ3) is 6.23.